The second kappa shape index (κ2) is 15.2. The van der Waals surface area contributed by atoms with Crippen LogP contribution in [0.25, 0.3) is 84.3 Å². The third-order valence-electron chi connectivity index (χ3n) is 9.07. The Balaban J connectivity index is 1.36. The van der Waals surface area contributed by atoms with Crippen LogP contribution in [-0.2, 0) is 0 Å². The molecule has 0 N–H and O–H groups in total. The van der Waals surface area contributed by atoms with Crippen molar-refractivity contribution in [2.24, 2.45) is 0 Å². The first-order chi connectivity index (χ1) is 25.1. The van der Waals surface area contributed by atoms with E-state index in [0.29, 0.717) is 17.5 Å². The SMILES string of the molecule is C=C/C=C(\CC)c1ccc(-c2nc(/C=C/C=C\CC)nc(-c3cc(/C=C\CC)c4oc5cc(-c6ccc7ccccc7c6)ccc5c4c3)n2)cc1. The summed E-state index contributed by atoms with van der Waals surface area (Å²) >= 11 is 0. The second-order valence-corrected chi connectivity index (χ2v) is 12.5. The van der Waals surface area contributed by atoms with Gasteiger partial charge in [0.1, 0.15) is 11.2 Å². The van der Waals surface area contributed by atoms with Crippen LogP contribution in [0.15, 0.2) is 145 Å². The van der Waals surface area contributed by atoms with E-state index >= 15 is 0 Å². The largest absolute Gasteiger partial charge is 0.455 e. The van der Waals surface area contributed by atoms with Gasteiger partial charge in [0.2, 0.25) is 0 Å². The molecule has 0 amide bonds. The highest BCUT2D eigenvalue weighted by molar-refractivity contribution is 6.09. The van der Waals surface area contributed by atoms with Gasteiger partial charge in [-0.1, -0.05) is 137 Å². The summed E-state index contributed by atoms with van der Waals surface area (Å²) < 4.78 is 6.64. The molecule has 0 unspecified atom stereocenters. The zero-order valence-electron chi connectivity index (χ0n) is 29.4. The van der Waals surface area contributed by atoms with Crippen LogP contribution >= 0.6 is 0 Å². The van der Waals surface area contributed by atoms with Crippen molar-refractivity contribution >= 4 is 50.4 Å². The van der Waals surface area contributed by atoms with Gasteiger partial charge in [-0.3, -0.25) is 0 Å². The molecule has 2 aromatic heterocycles. The molecule has 0 spiro atoms. The van der Waals surface area contributed by atoms with Crippen LogP contribution in [0, 0.1) is 0 Å². The summed E-state index contributed by atoms with van der Waals surface area (Å²) in [6, 6.07) is 34.2. The van der Waals surface area contributed by atoms with E-state index in [0.717, 1.165) is 74.6 Å². The number of hydrogen-bond acceptors (Lipinski definition) is 4. The van der Waals surface area contributed by atoms with Crippen molar-refractivity contribution in [3.05, 3.63) is 157 Å². The van der Waals surface area contributed by atoms with Crippen molar-refractivity contribution < 1.29 is 4.42 Å². The molecule has 7 aromatic rings. The highest BCUT2D eigenvalue weighted by atomic mass is 16.3. The predicted octanol–water partition coefficient (Wildman–Crippen LogP) is 13.3. The number of allylic oxidation sites excluding steroid dienone is 7. The van der Waals surface area contributed by atoms with Gasteiger partial charge in [0.15, 0.2) is 17.5 Å². The average Bonchev–Trinajstić information content (AvgIpc) is 3.55. The van der Waals surface area contributed by atoms with Gasteiger partial charge in [-0.25, -0.2) is 15.0 Å². The van der Waals surface area contributed by atoms with Crippen LogP contribution in [0.5, 0.6) is 0 Å². The summed E-state index contributed by atoms with van der Waals surface area (Å²) in [6.07, 6.45) is 19.0. The van der Waals surface area contributed by atoms with Crippen molar-refractivity contribution in [1.82, 2.24) is 15.0 Å². The Morgan fingerprint density at radius 3 is 2.14 bits per heavy atom. The molecule has 250 valence electrons. The van der Waals surface area contributed by atoms with E-state index in [1.54, 1.807) is 0 Å². The van der Waals surface area contributed by atoms with Gasteiger partial charge in [0.05, 0.1) is 0 Å². The first-order valence-electron chi connectivity index (χ1n) is 17.8. The third-order valence-corrected chi connectivity index (χ3v) is 9.07. The molecule has 0 atom stereocenters. The highest BCUT2D eigenvalue weighted by Crippen LogP contribution is 2.38. The van der Waals surface area contributed by atoms with E-state index in [9.17, 15) is 0 Å². The Kier molecular flexibility index (Phi) is 9.94. The molecule has 0 aliphatic rings. The van der Waals surface area contributed by atoms with Crippen molar-refractivity contribution in [2.45, 2.75) is 40.0 Å². The molecule has 0 aliphatic heterocycles. The predicted molar refractivity (Wildman–Crippen MR) is 217 cm³/mol. The Morgan fingerprint density at radius 2 is 1.37 bits per heavy atom. The van der Waals surface area contributed by atoms with Gasteiger partial charge in [-0.2, -0.15) is 0 Å². The molecule has 0 aliphatic carbocycles. The Labute approximate surface area is 299 Å². The molecular formula is C47H41N3O. The summed E-state index contributed by atoms with van der Waals surface area (Å²) in [7, 11) is 0. The van der Waals surface area contributed by atoms with Crippen LogP contribution < -0.4 is 0 Å². The summed E-state index contributed by atoms with van der Waals surface area (Å²) in [4.78, 5) is 14.9. The zero-order chi connectivity index (χ0) is 35.2. The average molecular weight is 664 g/mol. The van der Waals surface area contributed by atoms with Crippen LogP contribution in [0.3, 0.4) is 0 Å². The van der Waals surface area contributed by atoms with Crippen molar-refractivity contribution in [3.8, 4) is 33.9 Å². The molecule has 0 saturated carbocycles. The number of fused-ring (bicyclic) bond motifs is 4. The summed E-state index contributed by atoms with van der Waals surface area (Å²) in [5, 5.41) is 4.52. The minimum Gasteiger partial charge on any atom is -0.455 e. The van der Waals surface area contributed by atoms with Crippen LogP contribution in [-0.4, -0.2) is 15.0 Å². The Bertz CT molecular complexity index is 2490. The van der Waals surface area contributed by atoms with Crippen LogP contribution in [0.2, 0.25) is 0 Å². The van der Waals surface area contributed by atoms with E-state index < -0.39 is 0 Å². The molecule has 0 bridgehead atoms. The summed E-state index contributed by atoms with van der Waals surface area (Å²) in [5.41, 5.74) is 9.19. The van der Waals surface area contributed by atoms with Gasteiger partial charge in [-0.05, 0) is 88.7 Å². The molecule has 51 heavy (non-hydrogen) atoms. The highest BCUT2D eigenvalue weighted by Gasteiger charge is 2.17. The minimum absolute atomic E-state index is 0.600. The lowest BCUT2D eigenvalue weighted by Gasteiger charge is -2.09. The van der Waals surface area contributed by atoms with Gasteiger partial charge >= 0.3 is 0 Å². The van der Waals surface area contributed by atoms with Gasteiger partial charge in [0.25, 0.3) is 0 Å². The van der Waals surface area contributed by atoms with E-state index in [2.05, 4.69) is 149 Å². The lowest BCUT2D eigenvalue weighted by atomic mass is 9.99. The number of benzene rings is 5. The fourth-order valence-corrected chi connectivity index (χ4v) is 6.43. The van der Waals surface area contributed by atoms with Crippen molar-refractivity contribution in [3.63, 3.8) is 0 Å². The smallest absolute Gasteiger partial charge is 0.164 e. The molecule has 7 rings (SSSR count). The van der Waals surface area contributed by atoms with Gasteiger partial charge < -0.3 is 4.42 Å². The normalized spacial score (nSPS) is 12.4. The van der Waals surface area contributed by atoms with E-state index in [-0.39, 0.29) is 0 Å². The zero-order valence-corrected chi connectivity index (χ0v) is 29.4. The Hall–Kier alpha value is -6.13. The molecule has 5 aromatic carbocycles. The lowest BCUT2D eigenvalue weighted by Crippen LogP contribution is -2.00. The van der Waals surface area contributed by atoms with Gasteiger partial charge in [-0.15, -0.1) is 0 Å². The minimum atomic E-state index is 0.600. The summed E-state index contributed by atoms with van der Waals surface area (Å²) in [6.45, 7) is 10.3. The van der Waals surface area contributed by atoms with Crippen molar-refractivity contribution in [1.29, 1.82) is 0 Å². The number of hydrogen-bond donors (Lipinski definition) is 0. The molecule has 2 heterocycles. The topological polar surface area (TPSA) is 51.8 Å². The molecule has 4 heteroatoms. The first kappa shape index (κ1) is 33.4. The van der Waals surface area contributed by atoms with Gasteiger partial charge in [0, 0.05) is 27.5 Å². The molecular weight excluding hydrogens is 623 g/mol. The molecule has 0 fully saturated rings. The van der Waals surface area contributed by atoms with E-state index in [1.165, 1.54) is 16.3 Å². The number of aromatic nitrogens is 3. The maximum Gasteiger partial charge on any atom is 0.164 e. The maximum absolute atomic E-state index is 6.64. The number of nitrogens with zero attached hydrogens (tertiary/aromatic N) is 3. The van der Waals surface area contributed by atoms with Crippen LogP contribution in [0.4, 0.5) is 0 Å². The fraction of sp³-hybridized carbons (Fsp3) is 0.128. The van der Waals surface area contributed by atoms with E-state index in [4.69, 9.17) is 19.4 Å². The molecule has 0 radical (unpaired) electrons. The standard InChI is InChI=1S/C47H41N3O/c1-5-9-11-12-19-44-48-46(35-23-20-34(21-24-35)32(8-4)15-7-3)50-47(49-44)40-29-39(16-10-6-2)45-42(30-40)41-27-26-38(31-43(41)51-45)37-25-22-33-17-13-14-18-36(33)28-37/h7,9-31H,3,5-6,8H2,1-2,4H3/b11-9-,16-10-,19-12+,32-15+. The first-order valence-corrected chi connectivity index (χ1v) is 17.8. The molecule has 4 nitrogen and oxygen atoms in total. The van der Waals surface area contributed by atoms with Crippen LogP contribution in [0.1, 0.15) is 57.0 Å². The quantitative estimate of drug-likeness (QED) is 0.129. The molecule has 0 saturated heterocycles. The Morgan fingerprint density at radius 1 is 0.647 bits per heavy atom. The second-order valence-electron chi connectivity index (χ2n) is 12.5. The number of rotatable bonds is 11. The monoisotopic (exact) mass is 663 g/mol. The van der Waals surface area contributed by atoms with E-state index in [1.807, 2.05) is 24.3 Å². The lowest BCUT2D eigenvalue weighted by molar-refractivity contribution is 0.668. The fourth-order valence-electron chi connectivity index (χ4n) is 6.43. The third kappa shape index (κ3) is 7.13. The van der Waals surface area contributed by atoms with Crippen molar-refractivity contribution in [2.75, 3.05) is 0 Å². The summed E-state index contributed by atoms with van der Waals surface area (Å²) in [5.74, 6) is 1.84. The maximum atomic E-state index is 6.64. The number of furan rings is 1.